The molecule has 1 aromatic carbocycles. The van der Waals surface area contributed by atoms with Gasteiger partial charge in [0, 0.05) is 85.3 Å². The molecular weight excluding hydrogens is 434 g/mol. The lowest BCUT2D eigenvalue weighted by molar-refractivity contribution is -0.144. The van der Waals surface area contributed by atoms with Crippen LogP contribution in [0, 0.1) is 13.8 Å². The number of H-pyrrole nitrogens is 1. The van der Waals surface area contributed by atoms with Gasteiger partial charge in [-0.25, -0.2) is 0 Å². The van der Waals surface area contributed by atoms with Gasteiger partial charge >= 0.3 is 5.97 Å². The number of amides is 1. The molecule has 1 saturated heterocycles. The fraction of sp³-hybridized carbons (Fsp3) is 0.400. The van der Waals surface area contributed by atoms with Crippen molar-refractivity contribution in [3.8, 4) is 5.75 Å². The molecule has 1 fully saturated rings. The van der Waals surface area contributed by atoms with Crippen LogP contribution in [0.15, 0.2) is 30.6 Å². The second-order valence-electron chi connectivity index (χ2n) is 8.78. The number of nitrogens with one attached hydrogen (secondary N) is 2. The van der Waals surface area contributed by atoms with E-state index in [1.165, 1.54) is 6.92 Å². The molecule has 4 rings (SSSR count). The van der Waals surface area contributed by atoms with Gasteiger partial charge in [-0.3, -0.25) is 24.4 Å². The van der Waals surface area contributed by atoms with Gasteiger partial charge in [-0.15, -0.1) is 0 Å². The van der Waals surface area contributed by atoms with Crippen LogP contribution in [0.5, 0.6) is 5.75 Å². The summed E-state index contributed by atoms with van der Waals surface area (Å²) in [5.41, 5.74) is 5.21. The summed E-state index contributed by atoms with van der Waals surface area (Å²) in [7, 11) is 1.67. The second kappa shape index (κ2) is 9.82. The molecule has 34 heavy (non-hydrogen) atoms. The maximum Gasteiger partial charge on any atom is 0.325 e. The SMILES string of the molecule is COc1c(C)cnc(CN2CCN([C@H](C(=O)O)c3c[nH]c4ccc(NC(C)=O)cc34)CC2)c1C. The molecule has 0 bridgehead atoms. The highest BCUT2D eigenvalue weighted by Crippen LogP contribution is 2.32. The molecule has 0 radical (unpaired) electrons. The number of ether oxygens (including phenoxy) is 1. The van der Waals surface area contributed by atoms with Gasteiger partial charge in [-0.2, -0.15) is 0 Å². The Morgan fingerprint density at radius 1 is 1.24 bits per heavy atom. The summed E-state index contributed by atoms with van der Waals surface area (Å²) in [5.74, 6) is -0.189. The van der Waals surface area contributed by atoms with Crippen LogP contribution in [-0.4, -0.2) is 70.0 Å². The molecule has 2 aromatic heterocycles. The first-order valence-electron chi connectivity index (χ1n) is 11.4. The minimum Gasteiger partial charge on any atom is -0.496 e. The minimum absolute atomic E-state index is 0.168. The number of anilines is 1. The number of aromatic amines is 1. The lowest BCUT2D eigenvalue weighted by Gasteiger charge is -2.37. The van der Waals surface area contributed by atoms with Crippen molar-refractivity contribution in [2.45, 2.75) is 33.4 Å². The van der Waals surface area contributed by atoms with Gasteiger partial charge in [0.2, 0.25) is 5.91 Å². The Morgan fingerprint density at radius 3 is 2.62 bits per heavy atom. The third kappa shape index (κ3) is 4.76. The molecule has 3 heterocycles. The monoisotopic (exact) mass is 465 g/mol. The zero-order chi connectivity index (χ0) is 24.4. The highest BCUT2D eigenvalue weighted by Gasteiger charge is 2.32. The maximum atomic E-state index is 12.4. The van der Waals surface area contributed by atoms with Crippen LogP contribution in [0.25, 0.3) is 10.9 Å². The van der Waals surface area contributed by atoms with Crippen molar-refractivity contribution in [2.24, 2.45) is 0 Å². The lowest BCUT2D eigenvalue weighted by atomic mass is 10.0. The number of pyridine rings is 1. The van der Waals surface area contributed by atoms with Crippen LogP contribution >= 0.6 is 0 Å². The zero-order valence-electron chi connectivity index (χ0n) is 20.0. The van der Waals surface area contributed by atoms with Gasteiger partial charge in [0.15, 0.2) is 0 Å². The van der Waals surface area contributed by atoms with Crippen molar-refractivity contribution < 1.29 is 19.4 Å². The van der Waals surface area contributed by atoms with E-state index in [1.807, 2.05) is 37.1 Å². The standard InChI is InChI=1S/C25H31N5O4/c1-15-12-26-22(16(2)24(15)34-4)14-29-7-9-30(10-8-29)23(25(32)33)20-13-27-21-6-5-18(11-19(20)21)28-17(3)31/h5-6,11-13,23,27H,7-10,14H2,1-4H3,(H,28,31)(H,32,33)/t23-/m0/s1. The number of carbonyl (C=O) groups excluding carboxylic acids is 1. The summed E-state index contributed by atoms with van der Waals surface area (Å²) in [6.07, 6.45) is 3.60. The highest BCUT2D eigenvalue weighted by molar-refractivity contribution is 5.95. The number of hydrogen-bond acceptors (Lipinski definition) is 6. The van der Waals surface area contributed by atoms with E-state index in [1.54, 1.807) is 19.4 Å². The Balaban J connectivity index is 1.50. The predicted molar refractivity (Wildman–Crippen MR) is 130 cm³/mol. The number of aryl methyl sites for hydroxylation is 1. The molecule has 0 saturated carbocycles. The maximum absolute atomic E-state index is 12.4. The van der Waals surface area contributed by atoms with E-state index >= 15 is 0 Å². The highest BCUT2D eigenvalue weighted by atomic mass is 16.5. The van der Waals surface area contributed by atoms with Crippen molar-refractivity contribution in [2.75, 3.05) is 38.6 Å². The number of carboxylic acids is 1. The number of hydrogen-bond donors (Lipinski definition) is 3. The molecule has 3 N–H and O–H groups in total. The average molecular weight is 466 g/mol. The molecule has 0 spiro atoms. The van der Waals surface area contributed by atoms with Gasteiger partial charge in [0.25, 0.3) is 0 Å². The van der Waals surface area contributed by atoms with Crippen LogP contribution in [0.3, 0.4) is 0 Å². The third-order valence-corrected chi connectivity index (χ3v) is 6.46. The van der Waals surface area contributed by atoms with E-state index in [9.17, 15) is 14.7 Å². The Hall–Kier alpha value is -3.43. The van der Waals surface area contributed by atoms with Crippen LogP contribution in [0.1, 0.15) is 35.3 Å². The Labute approximate surface area is 198 Å². The number of aliphatic carboxylic acids is 1. The van der Waals surface area contributed by atoms with E-state index in [4.69, 9.17) is 4.74 Å². The minimum atomic E-state index is -0.889. The number of aromatic nitrogens is 2. The Bertz CT molecular complexity index is 1210. The number of nitrogens with zero attached hydrogens (tertiary/aromatic N) is 3. The number of piperazine rings is 1. The topological polar surface area (TPSA) is 111 Å². The van der Waals surface area contributed by atoms with E-state index in [0.29, 0.717) is 30.9 Å². The van der Waals surface area contributed by atoms with Crippen molar-refractivity contribution in [3.05, 3.63) is 53.0 Å². The molecule has 3 aromatic rings. The molecule has 180 valence electrons. The number of carboxylic acid groups (broad SMARTS) is 1. The Morgan fingerprint density at radius 2 is 1.97 bits per heavy atom. The van der Waals surface area contributed by atoms with Crippen molar-refractivity contribution in [3.63, 3.8) is 0 Å². The first-order valence-corrected chi connectivity index (χ1v) is 11.4. The summed E-state index contributed by atoms with van der Waals surface area (Å²) >= 11 is 0. The number of methoxy groups -OCH3 is 1. The molecule has 1 atom stereocenters. The quantitative estimate of drug-likeness (QED) is 0.492. The number of benzene rings is 1. The molecule has 1 aliphatic heterocycles. The summed E-state index contributed by atoms with van der Waals surface area (Å²) in [4.78, 5) is 35.9. The smallest absolute Gasteiger partial charge is 0.325 e. The van der Waals surface area contributed by atoms with E-state index in [0.717, 1.165) is 46.6 Å². The number of fused-ring (bicyclic) bond motifs is 1. The summed E-state index contributed by atoms with van der Waals surface area (Å²) in [6, 6.07) is 4.71. The number of carbonyl (C=O) groups is 2. The van der Waals surface area contributed by atoms with E-state index < -0.39 is 12.0 Å². The van der Waals surface area contributed by atoms with Crippen molar-refractivity contribution in [1.29, 1.82) is 0 Å². The normalized spacial score (nSPS) is 15.9. The van der Waals surface area contributed by atoms with Crippen LogP contribution in [0.2, 0.25) is 0 Å². The van der Waals surface area contributed by atoms with Crippen molar-refractivity contribution >= 4 is 28.5 Å². The lowest BCUT2D eigenvalue weighted by Crippen LogP contribution is -2.49. The van der Waals surface area contributed by atoms with Crippen LogP contribution in [0.4, 0.5) is 5.69 Å². The molecule has 1 amide bonds. The summed E-state index contributed by atoms with van der Waals surface area (Å²) in [6.45, 7) is 8.87. The van der Waals surface area contributed by atoms with Crippen LogP contribution in [-0.2, 0) is 16.1 Å². The van der Waals surface area contributed by atoms with E-state index in [-0.39, 0.29) is 5.91 Å². The van der Waals surface area contributed by atoms with E-state index in [2.05, 4.69) is 20.2 Å². The summed E-state index contributed by atoms with van der Waals surface area (Å²) in [5, 5.41) is 13.7. The zero-order valence-corrected chi connectivity index (χ0v) is 20.0. The fourth-order valence-electron chi connectivity index (χ4n) is 4.76. The van der Waals surface area contributed by atoms with Gasteiger partial charge in [0.05, 0.1) is 12.8 Å². The largest absolute Gasteiger partial charge is 0.496 e. The van der Waals surface area contributed by atoms with Crippen molar-refractivity contribution in [1.82, 2.24) is 19.8 Å². The molecule has 0 unspecified atom stereocenters. The van der Waals surface area contributed by atoms with Gasteiger partial charge in [0.1, 0.15) is 11.8 Å². The molecular formula is C25H31N5O4. The molecule has 9 nitrogen and oxygen atoms in total. The predicted octanol–water partition coefficient (Wildman–Crippen LogP) is 3.09. The Kier molecular flexibility index (Phi) is 6.85. The van der Waals surface area contributed by atoms with Gasteiger partial charge < -0.3 is 20.1 Å². The van der Waals surface area contributed by atoms with Gasteiger partial charge in [-0.05, 0) is 32.0 Å². The second-order valence-corrected chi connectivity index (χ2v) is 8.78. The molecule has 9 heteroatoms. The third-order valence-electron chi connectivity index (χ3n) is 6.46. The molecule has 0 aliphatic carbocycles. The number of rotatable bonds is 7. The van der Waals surface area contributed by atoms with Gasteiger partial charge in [-0.1, -0.05) is 0 Å². The first-order chi connectivity index (χ1) is 16.3. The fourth-order valence-corrected chi connectivity index (χ4v) is 4.76. The average Bonchev–Trinajstić information content (AvgIpc) is 3.19. The first kappa shape index (κ1) is 23.7. The van der Waals surface area contributed by atoms with Crippen LogP contribution < -0.4 is 10.1 Å². The molecule has 1 aliphatic rings. The summed E-state index contributed by atoms with van der Waals surface area (Å²) < 4.78 is 5.53.